The molecule has 0 saturated carbocycles. The Balaban J connectivity index is 2.35. The summed E-state index contributed by atoms with van der Waals surface area (Å²) in [7, 11) is 0. The van der Waals surface area contributed by atoms with Crippen molar-refractivity contribution in [3.63, 3.8) is 0 Å². The fourth-order valence-electron chi connectivity index (χ4n) is 1.63. The van der Waals surface area contributed by atoms with Gasteiger partial charge in [0.15, 0.2) is 0 Å². The molecule has 1 aliphatic heterocycles. The Morgan fingerprint density at radius 1 is 1.67 bits per heavy atom. The molecule has 70 valence electrons. The molecule has 12 heavy (non-hydrogen) atoms. The molecule has 0 bridgehead atoms. The Hall–Kier alpha value is -0.250. The summed E-state index contributed by atoms with van der Waals surface area (Å²) in [5.74, 6) is 0.564. The first-order chi connectivity index (χ1) is 5.74. The minimum Gasteiger partial charge on any atom is -0.465 e. The number of nitrogens with zero attached hydrogens (tertiary/aromatic N) is 1. The van der Waals surface area contributed by atoms with Gasteiger partial charge in [-0.1, -0.05) is 15.9 Å². The van der Waals surface area contributed by atoms with Gasteiger partial charge in [-0.05, 0) is 25.2 Å². The molecular weight excluding hydrogens is 222 g/mol. The second kappa shape index (κ2) is 4.70. The van der Waals surface area contributed by atoms with E-state index >= 15 is 0 Å². The maximum atomic E-state index is 10.6. The van der Waals surface area contributed by atoms with Crippen LogP contribution in [-0.4, -0.2) is 34.5 Å². The van der Waals surface area contributed by atoms with Crippen LogP contribution in [0.5, 0.6) is 0 Å². The molecule has 1 fully saturated rings. The van der Waals surface area contributed by atoms with Crippen LogP contribution in [0.15, 0.2) is 0 Å². The summed E-state index contributed by atoms with van der Waals surface area (Å²) in [4.78, 5) is 12.1. The lowest BCUT2D eigenvalue weighted by atomic mass is 9.96. The normalized spacial score (nSPS) is 24.1. The summed E-state index contributed by atoms with van der Waals surface area (Å²) in [5.41, 5.74) is 0. The van der Waals surface area contributed by atoms with Crippen LogP contribution in [0.3, 0.4) is 0 Å². The van der Waals surface area contributed by atoms with E-state index in [1.807, 2.05) is 0 Å². The fourth-order valence-corrected chi connectivity index (χ4v) is 2.28. The smallest absolute Gasteiger partial charge is 0.407 e. The van der Waals surface area contributed by atoms with E-state index in [1.165, 1.54) is 11.3 Å². The highest BCUT2D eigenvalue weighted by Gasteiger charge is 2.22. The minimum absolute atomic E-state index is 0.564. The van der Waals surface area contributed by atoms with Crippen LogP contribution in [-0.2, 0) is 0 Å². The summed E-state index contributed by atoms with van der Waals surface area (Å²) in [5, 5.41) is 9.72. The number of amides is 1. The number of carboxylic acid groups (broad SMARTS) is 1. The van der Waals surface area contributed by atoms with Crippen molar-refractivity contribution in [2.45, 2.75) is 19.3 Å². The second-order valence-electron chi connectivity index (χ2n) is 3.21. The van der Waals surface area contributed by atoms with Crippen molar-refractivity contribution in [2.75, 3.05) is 18.4 Å². The van der Waals surface area contributed by atoms with Gasteiger partial charge < -0.3 is 10.0 Å². The molecule has 0 aromatic heterocycles. The van der Waals surface area contributed by atoms with Gasteiger partial charge in [-0.3, -0.25) is 0 Å². The third-order valence-corrected chi connectivity index (χ3v) is 2.76. The summed E-state index contributed by atoms with van der Waals surface area (Å²) in [6.45, 7) is 1.44. The first kappa shape index (κ1) is 9.84. The van der Waals surface area contributed by atoms with E-state index in [2.05, 4.69) is 15.9 Å². The summed E-state index contributed by atoms with van der Waals surface area (Å²) in [6, 6.07) is 0. The summed E-state index contributed by atoms with van der Waals surface area (Å²) >= 11 is 3.38. The standard InChI is InChI=1S/C8H14BrNO2/c9-4-3-7-2-1-5-10(6-7)8(11)12/h7H,1-6H2,(H,11,12)/t7-/m1/s1. The third-order valence-electron chi connectivity index (χ3n) is 2.31. The lowest BCUT2D eigenvalue weighted by Gasteiger charge is -2.30. The van der Waals surface area contributed by atoms with Crippen LogP contribution in [0, 0.1) is 5.92 Å². The second-order valence-corrected chi connectivity index (χ2v) is 4.01. The largest absolute Gasteiger partial charge is 0.465 e. The Morgan fingerprint density at radius 3 is 3.00 bits per heavy atom. The summed E-state index contributed by atoms with van der Waals surface area (Å²) in [6.07, 6.45) is 2.51. The van der Waals surface area contributed by atoms with Gasteiger partial charge in [-0.2, -0.15) is 0 Å². The molecule has 0 aliphatic carbocycles. The Bertz CT molecular complexity index is 161. The molecule has 1 aliphatic rings. The van der Waals surface area contributed by atoms with Crippen molar-refractivity contribution >= 4 is 22.0 Å². The molecule has 3 nitrogen and oxygen atoms in total. The van der Waals surface area contributed by atoms with Gasteiger partial charge in [0.2, 0.25) is 0 Å². The number of likely N-dealkylation sites (tertiary alicyclic amines) is 1. The predicted molar refractivity (Wildman–Crippen MR) is 50.7 cm³/mol. The quantitative estimate of drug-likeness (QED) is 0.746. The Labute approximate surface area is 80.9 Å². The van der Waals surface area contributed by atoms with Crippen molar-refractivity contribution in [1.29, 1.82) is 0 Å². The molecule has 0 aromatic carbocycles. The van der Waals surface area contributed by atoms with E-state index in [4.69, 9.17) is 5.11 Å². The van der Waals surface area contributed by atoms with Crippen molar-refractivity contribution < 1.29 is 9.90 Å². The SMILES string of the molecule is O=C(O)N1CCC[C@H](CCBr)C1. The van der Waals surface area contributed by atoms with Crippen molar-refractivity contribution in [3.8, 4) is 0 Å². The van der Waals surface area contributed by atoms with Crippen LogP contribution in [0.2, 0.25) is 0 Å². The van der Waals surface area contributed by atoms with Crippen molar-refractivity contribution in [2.24, 2.45) is 5.92 Å². The zero-order valence-electron chi connectivity index (χ0n) is 7.00. The van der Waals surface area contributed by atoms with E-state index in [0.717, 1.165) is 24.7 Å². The van der Waals surface area contributed by atoms with Gasteiger partial charge in [0.25, 0.3) is 0 Å². The zero-order chi connectivity index (χ0) is 8.97. The highest BCUT2D eigenvalue weighted by atomic mass is 79.9. The number of carbonyl (C=O) groups is 1. The molecule has 0 radical (unpaired) electrons. The first-order valence-electron chi connectivity index (χ1n) is 4.28. The maximum absolute atomic E-state index is 10.6. The van der Waals surface area contributed by atoms with Crippen LogP contribution in [0.4, 0.5) is 4.79 Å². The lowest BCUT2D eigenvalue weighted by Crippen LogP contribution is -2.39. The highest BCUT2D eigenvalue weighted by molar-refractivity contribution is 9.09. The zero-order valence-corrected chi connectivity index (χ0v) is 8.59. The maximum Gasteiger partial charge on any atom is 0.407 e. The van der Waals surface area contributed by atoms with Gasteiger partial charge in [-0.15, -0.1) is 0 Å². The lowest BCUT2D eigenvalue weighted by molar-refractivity contribution is 0.119. The van der Waals surface area contributed by atoms with E-state index in [0.29, 0.717) is 12.5 Å². The van der Waals surface area contributed by atoms with E-state index in [9.17, 15) is 4.79 Å². The molecule has 1 heterocycles. The van der Waals surface area contributed by atoms with E-state index in [1.54, 1.807) is 0 Å². The third kappa shape index (κ3) is 2.66. The number of alkyl halides is 1. The fraction of sp³-hybridized carbons (Fsp3) is 0.875. The molecule has 1 saturated heterocycles. The molecular formula is C8H14BrNO2. The Kier molecular flexibility index (Phi) is 3.85. The molecule has 1 N–H and O–H groups in total. The number of hydrogen-bond acceptors (Lipinski definition) is 1. The average molecular weight is 236 g/mol. The molecule has 1 amide bonds. The minimum atomic E-state index is -0.769. The number of rotatable bonds is 2. The molecule has 1 atom stereocenters. The van der Waals surface area contributed by atoms with Gasteiger partial charge in [0, 0.05) is 18.4 Å². The van der Waals surface area contributed by atoms with Crippen molar-refractivity contribution in [3.05, 3.63) is 0 Å². The molecule has 4 heteroatoms. The first-order valence-corrected chi connectivity index (χ1v) is 5.40. The van der Waals surface area contributed by atoms with Crippen LogP contribution >= 0.6 is 15.9 Å². The highest BCUT2D eigenvalue weighted by Crippen LogP contribution is 2.20. The van der Waals surface area contributed by atoms with Gasteiger partial charge in [-0.25, -0.2) is 4.79 Å². The number of piperidine rings is 1. The number of halogens is 1. The molecule has 0 unspecified atom stereocenters. The van der Waals surface area contributed by atoms with E-state index < -0.39 is 6.09 Å². The van der Waals surface area contributed by atoms with Crippen LogP contribution in [0.1, 0.15) is 19.3 Å². The molecule has 0 aromatic rings. The number of hydrogen-bond donors (Lipinski definition) is 1. The van der Waals surface area contributed by atoms with Crippen LogP contribution < -0.4 is 0 Å². The molecule has 0 spiro atoms. The molecule has 1 rings (SSSR count). The summed E-state index contributed by atoms with van der Waals surface area (Å²) < 4.78 is 0. The van der Waals surface area contributed by atoms with Gasteiger partial charge in [0.1, 0.15) is 0 Å². The topological polar surface area (TPSA) is 40.5 Å². The Morgan fingerprint density at radius 2 is 2.42 bits per heavy atom. The van der Waals surface area contributed by atoms with Gasteiger partial charge >= 0.3 is 6.09 Å². The average Bonchev–Trinajstić information content (AvgIpc) is 2.05. The predicted octanol–water partition coefficient (Wildman–Crippen LogP) is 2.16. The van der Waals surface area contributed by atoms with Crippen LogP contribution in [0.25, 0.3) is 0 Å². The van der Waals surface area contributed by atoms with E-state index in [-0.39, 0.29) is 0 Å². The van der Waals surface area contributed by atoms with Crippen molar-refractivity contribution in [1.82, 2.24) is 4.90 Å². The van der Waals surface area contributed by atoms with Gasteiger partial charge in [0.05, 0.1) is 0 Å². The monoisotopic (exact) mass is 235 g/mol.